The zero-order valence-electron chi connectivity index (χ0n) is 11.1. The summed E-state index contributed by atoms with van der Waals surface area (Å²) in [7, 11) is 0. The molecular formula is C15H15ClN2O2. The number of nitrogens with zero attached hydrogens (tertiary/aromatic N) is 2. The molecule has 0 spiro atoms. The highest BCUT2D eigenvalue weighted by atomic mass is 35.5. The predicted octanol–water partition coefficient (Wildman–Crippen LogP) is 3.11. The lowest BCUT2D eigenvalue weighted by molar-refractivity contribution is -0.144. The van der Waals surface area contributed by atoms with Crippen molar-refractivity contribution in [2.24, 2.45) is 0 Å². The minimum Gasteiger partial charge on any atom is -0.481 e. The van der Waals surface area contributed by atoms with Gasteiger partial charge >= 0.3 is 5.97 Å². The standard InChI is InChI=1S/C15H15ClN2O2/c1-2-15(14(19)20,11-6-4-3-5-7-11)8-12-9-18-13(16)10-17-12/h3-7,9-10H,2,8H2,1H3,(H,19,20). The zero-order valence-corrected chi connectivity index (χ0v) is 11.8. The van der Waals surface area contributed by atoms with Crippen molar-refractivity contribution in [2.75, 3.05) is 0 Å². The van der Waals surface area contributed by atoms with Crippen LogP contribution in [0.15, 0.2) is 42.7 Å². The summed E-state index contributed by atoms with van der Waals surface area (Å²) in [5.74, 6) is -0.858. The fraction of sp³-hybridized carbons (Fsp3) is 0.267. The van der Waals surface area contributed by atoms with Crippen LogP contribution >= 0.6 is 11.6 Å². The molecule has 0 bridgehead atoms. The number of benzene rings is 1. The van der Waals surface area contributed by atoms with Crippen LogP contribution in [0.1, 0.15) is 24.6 Å². The average Bonchev–Trinajstić information content (AvgIpc) is 2.47. The zero-order chi connectivity index (χ0) is 14.6. The van der Waals surface area contributed by atoms with Gasteiger partial charge in [-0.2, -0.15) is 0 Å². The van der Waals surface area contributed by atoms with E-state index in [1.165, 1.54) is 12.4 Å². The number of carboxylic acid groups (broad SMARTS) is 1. The van der Waals surface area contributed by atoms with E-state index in [4.69, 9.17) is 11.6 Å². The minimum atomic E-state index is -0.996. The lowest BCUT2D eigenvalue weighted by Gasteiger charge is -2.28. The third-order valence-corrected chi connectivity index (χ3v) is 3.69. The Morgan fingerprint density at radius 3 is 2.45 bits per heavy atom. The second-order valence-corrected chi connectivity index (χ2v) is 5.00. The number of aliphatic carboxylic acids is 1. The third-order valence-electron chi connectivity index (χ3n) is 3.50. The van der Waals surface area contributed by atoms with E-state index in [0.717, 1.165) is 5.56 Å². The first kappa shape index (κ1) is 14.5. The second kappa shape index (κ2) is 6.01. The maximum absolute atomic E-state index is 11.8. The van der Waals surface area contributed by atoms with Crippen LogP contribution < -0.4 is 0 Å². The summed E-state index contributed by atoms with van der Waals surface area (Å²) in [6.45, 7) is 1.87. The molecule has 1 heterocycles. The SMILES string of the molecule is CCC(Cc1cnc(Cl)cn1)(C(=O)O)c1ccccc1. The van der Waals surface area contributed by atoms with Gasteiger partial charge in [-0.25, -0.2) is 4.98 Å². The Balaban J connectivity index is 2.42. The first-order chi connectivity index (χ1) is 9.58. The molecule has 20 heavy (non-hydrogen) atoms. The molecule has 2 rings (SSSR count). The van der Waals surface area contributed by atoms with E-state index in [2.05, 4.69) is 9.97 Å². The number of rotatable bonds is 5. The van der Waals surface area contributed by atoms with E-state index >= 15 is 0 Å². The normalized spacial score (nSPS) is 13.7. The van der Waals surface area contributed by atoms with Crippen LogP contribution in [0.3, 0.4) is 0 Å². The third kappa shape index (κ3) is 2.80. The van der Waals surface area contributed by atoms with Crippen molar-refractivity contribution in [1.29, 1.82) is 0 Å². The van der Waals surface area contributed by atoms with Crippen molar-refractivity contribution in [3.05, 3.63) is 59.1 Å². The van der Waals surface area contributed by atoms with Gasteiger partial charge in [0.1, 0.15) is 5.15 Å². The van der Waals surface area contributed by atoms with Gasteiger partial charge in [-0.05, 0) is 12.0 Å². The van der Waals surface area contributed by atoms with E-state index in [0.29, 0.717) is 17.3 Å². The Morgan fingerprint density at radius 2 is 1.95 bits per heavy atom. The number of carbonyl (C=O) groups is 1. The van der Waals surface area contributed by atoms with E-state index in [-0.39, 0.29) is 6.42 Å². The summed E-state index contributed by atoms with van der Waals surface area (Å²) >= 11 is 5.71. The van der Waals surface area contributed by atoms with Gasteiger partial charge in [0, 0.05) is 6.42 Å². The van der Waals surface area contributed by atoms with E-state index < -0.39 is 11.4 Å². The molecular weight excluding hydrogens is 276 g/mol. The largest absolute Gasteiger partial charge is 0.481 e. The molecule has 1 aromatic carbocycles. The molecule has 5 heteroatoms. The molecule has 0 aliphatic carbocycles. The van der Waals surface area contributed by atoms with Crippen LogP contribution in [-0.4, -0.2) is 21.0 Å². The Labute approximate surface area is 122 Å². The Morgan fingerprint density at radius 1 is 1.25 bits per heavy atom. The van der Waals surface area contributed by atoms with Gasteiger partial charge in [0.25, 0.3) is 0 Å². The minimum absolute atomic E-state index is 0.285. The number of hydrogen-bond acceptors (Lipinski definition) is 3. The predicted molar refractivity (Wildman–Crippen MR) is 76.8 cm³/mol. The van der Waals surface area contributed by atoms with Crippen molar-refractivity contribution in [3.63, 3.8) is 0 Å². The number of halogens is 1. The van der Waals surface area contributed by atoms with Crippen LogP contribution in [0.2, 0.25) is 5.15 Å². The molecule has 4 nitrogen and oxygen atoms in total. The Bertz CT molecular complexity index is 587. The average molecular weight is 291 g/mol. The monoisotopic (exact) mass is 290 g/mol. The van der Waals surface area contributed by atoms with Gasteiger partial charge in [0.2, 0.25) is 0 Å². The Kier molecular flexibility index (Phi) is 4.35. The summed E-state index contributed by atoms with van der Waals surface area (Å²) in [6.07, 6.45) is 3.71. The van der Waals surface area contributed by atoms with Gasteiger partial charge in [0.05, 0.1) is 23.5 Å². The molecule has 0 amide bonds. The van der Waals surface area contributed by atoms with Gasteiger partial charge in [-0.1, -0.05) is 48.9 Å². The highest BCUT2D eigenvalue weighted by molar-refractivity contribution is 6.29. The van der Waals surface area contributed by atoms with E-state index in [9.17, 15) is 9.90 Å². The van der Waals surface area contributed by atoms with Crippen molar-refractivity contribution >= 4 is 17.6 Å². The van der Waals surface area contributed by atoms with Gasteiger partial charge in [0.15, 0.2) is 0 Å². The maximum atomic E-state index is 11.8. The number of hydrogen-bond donors (Lipinski definition) is 1. The molecule has 2 aromatic rings. The Hall–Kier alpha value is -1.94. The lowest BCUT2D eigenvalue weighted by Crippen LogP contribution is -2.37. The molecule has 1 aromatic heterocycles. The summed E-state index contributed by atoms with van der Waals surface area (Å²) in [5.41, 5.74) is 0.387. The van der Waals surface area contributed by atoms with Crippen LogP contribution in [0, 0.1) is 0 Å². The fourth-order valence-corrected chi connectivity index (χ4v) is 2.38. The van der Waals surface area contributed by atoms with Crippen molar-refractivity contribution in [1.82, 2.24) is 9.97 Å². The van der Waals surface area contributed by atoms with Crippen molar-refractivity contribution in [3.8, 4) is 0 Å². The maximum Gasteiger partial charge on any atom is 0.314 e. The van der Waals surface area contributed by atoms with Crippen molar-refractivity contribution < 1.29 is 9.90 Å². The van der Waals surface area contributed by atoms with Gasteiger partial charge < -0.3 is 5.11 Å². The van der Waals surface area contributed by atoms with Crippen LogP contribution in [0.25, 0.3) is 0 Å². The summed E-state index contributed by atoms with van der Waals surface area (Å²) in [6, 6.07) is 9.22. The molecule has 104 valence electrons. The quantitative estimate of drug-likeness (QED) is 0.919. The van der Waals surface area contributed by atoms with E-state index in [1.54, 1.807) is 0 Å². The molecule has 0 aliphatic heterocycles. The molecule has 0 fully saturated rings. The molecule has 1 N–H and O–H groups in total. The summed E-state index contributed by atoms with van der Waals surface area (Å²) in [5, 5.41) is 10.0. The topological polar surface area (TPSA) is 63.1 Å². The second-order valence-electron chi connectivity index (χ2n) is 4.61. The highest BCUT2D eigenvalue weighted by Gasteiger charge is 2.39. The van der Waals surface area contributed by atoms with Crippen molar-refractivity contribution in [2.45, 2.75) is 25.2 Å². The summed E-state index contributed by atoms with van der Waals surface area (Å²) < 4.78 is 0. The molecule has 1 atom stereocenters. The van der Waals surface area contributed by atoms with Crippen LogP contribution in [-0.2, 0) is 16.6 Å². The van der Waals surface area contributed by atoms with Crippen LogP contribution in [0.4, 0.5) is 0 Å². The van der Waals surface area contributed by atoms with E-state index in [1.807, 2.05) is 37.3 Å². The molecule has 0 saturated carbocycles. The number of carboxylic acids is 1. The molecule has 0 saturated heterocycles. The fourth-order valence-electron chi connectivity index (χ4n) is 2.28. The molecule has 0 aliphatic rings. The van der Waals surface area contributed by atoms with Gasteiger partial charge in [-0.3, -0.25) is 9.78 Å². The first-order valence-corrected chi connectivity index (χ1v) is 6.71. The summed E-state index contributed by atoms with van der Waals surface area (Å²) in [4.78, 5) is 20.0. The number of aromatic nitrogens is 2. The highest BCUT2D eigenvalue weighted by Crippen LogP contribution is 2.32. The molecule has 1 unspecified atom stereocenters. The lowest BCUT2D eigenvalue weighted by atomic mass is 9.74. The smallest absolute Gasteiger partial charge is 0.314 e. The van der Waals surface area contributed by atoms with Crippen LogP contribution in [0.5, 0.6) is 0 Å². The molecule has 0 radical (unpaired) electrons. The van der Waals surface area contributed by atoms with Gasteiger partial charge in [-0.15, -0.1) is 0 Å². The first-order valence-electron chi connectivity index (χ1n) is 6.34.